The van der Waals surface area contributed by atoms with Crippen molar-refractivity contribution in [3.8, 4) is 0 Å². The van der Waals surface area contributed by atoms with Crippen molar-refractivity contribution < 1.29 is 14.3 Å². The average molecular weight is 247 g/mol. The highest BCUT2D eigenvalue weighted by Crippen LogP contribution is 2.09. The van der Waals surface area contributed by atoms with Gasteiger partial charge in [-0.15, -0.1) is 0 Å². The first-order chi connectivity index (χ1) is 8.66. The Balaban J connectivity index is 2.02. The van der Waals surface area contributed by atoms with Crippen LogP contribution >= 0.6 is 0 Å². The van der Waals surface area contributed by atoms with Gasteiger partial charge in [0.2, 0.25) is 5.91 Å². The molecule has 4 heteroatoms. The summed E-state index contributed by atoms with van der Waals surface area (Å²) in [5.41, 5.74) is 1.54. The van der Waals surface area contributed by atoms with Gasteiger partial charge in [0.15, 0.2) is 5.78 Å². The van der Waals surface area contributed by atoms with Crippen LogP contribution in [0.1, 0.15) is 22.8 Å². The number of morpholine rings is 1. The fourth-order valence-corrected chi connectivity index (χ4v) is 2.00. The van der Waals surface area contributed by atoms with Crippen LogP contribution in [0.3, 0.4) is 0 Å². The number of rotatable bonds is 3. The molecule has 1 aliphatic heterocycles. The van der Waals surface area contributed by atoms with Crippen LogP contribution < -0.4 is 0 Å². The van der Waals surface area contributed by atoms with Crippen molar-refractivity contribution in [3.63, 3.8) is 0 Å². The molecule has 2 rings (SSSR count). The quantitative estimate of drug-likeness (QED) is 0.756. The van der Waals surface area contributed by atoms with E-state index in [0.717, 1.165) is 5.56 Å². The maximum atomic E-state index is 12.0. The van der Waals surface area contributed by atoms with Gasteiger partial charge in [-0.2, -0.15) is 0 Å². The maximum Gasteiger partial charge on any atom is 0.227 e. The third-order valence-corrected chi connectivity index (χ3v) is 3.05. The van der Waals surface area contributed by atoms with E-state index in [1.54, 1.807) is 12.1 Å². The largest absolute Gasteiger partial charge is 0.378 e. The lowest BCUT2D eigenvalue weighted by atomic mass is 10.1. The maximum absolute atomic E-state index is 12.0. The molecule has 0 aromatic heterocycles. The monoisotopic (exact) mass is 247 g/mol. The Morgan fingerprint density at radius 3 is 2.67 bits per heavy atom. The number of ketones is 1. The zero-order chi connectivity index (χ0) is 13.0. The number of carbonyl (C=O) groups excluding carboxylic acids is 2. The molecule has 1 saturated heterocycles. The minimum Gasteiger partial charge on any atom is -0.378 e. The van der Waals surface area contributed by atoms with Crippen LogP contribution in [0, 0.1) is 0 Å². The molecule has 18 heavy (non-hydrogen) atoms. The Labute approximate surface area is 107 Å². The molecule has 1 aromatic rings. The molecular weight excluding hydrogens is 230 g/mol. The molecule has 0 aliphatic carbocycles. The van der Waals surface area contributed by atoms with Crippen molar-refractivity contribution in [2.45, 2.75) is 13.3 Å². The van der Waals surface area contributed by atoms with Crippen LogP contribution in [0.25, 0.3) is 0 Å². The number of Topliss-reactive ketones (excluding diaryl/α,β-unsaturated/α-hetero) is 1. The van der Waals surface area contributed by atoms with Crippen LogP contribution in [0.2, 0.25) is 0 Å². The summed E-state index contributed by atoms with van der Waals surface area (Å²) in [6.07, 6.45) is 0.348. The fraction of sp³-hybridized carbons (Fsp3) is 0.429. The van der Waals surface area contributed by atoms with Crippen LogP contribution in [-0.2, 0) is 16.0 Å². The zero-order valence-electron chi connectivity index (χ0n) is 10.5. The summed E-state index contributed by atoms with van der Waals surface area (Å²) in [6.45, 7) is 4.07. The lowest BCUT2D eigenvalue weighted by Gasteiger charge is -2.26. The molecule has 0 bridgehead atoms. The van der Waals surface area contributed by atoms with Crippen LogP contribution in [-0.4, -0.2) is 42.9 Å². The molecule has 1 aromatic carbocycles. The van der Waals surface area contributed by atoms with Crippen molar-refractivity contribution in [2.75, 3.05) is 26.3 Å². The van der Waals surface area contributed by atoms with Crippen LogP contribution in [0.5, 0.6) is 0 Å². The Morgan fingerprint density at radius 2 is 2.00 bits per heavy atom. The molecule has 0 spiro atoms. The van der Waals surface area contributed by atoms with Gasteiger partial charge in [0, 0.05) is 18.7 Å². The number of ether oxygens (including phenoxy) is 1. The SMILES string of the molecule is CC(=O)c1cccc(CC(=O)N2CCOCC2)c1. The molecule has 1 heterocycles. The predicted octanol–water partition coefficient (Wildman–Crippen LogP) is 1.29. The van der Waals surface area contributed by atoms with Gasteiger partial charge in [-0.25, -0.2) is 0 Å². The minimum absolute atomic E-state index is 0.0238. The van der Waals surface area contributed by atoms with Gasteiger partial charge in [-0.1, -0.05) is 18.2 Å². The van der Waals surface area contributed by atoms with E-state index in [0.29, 0.717) is 38.3 Å². The van der Waals surface area contributed by atoms with E-state index < -0.39 is 0 Å². The molecular formula is C14H17NO3. The van der Waals surface area contributed by atoms with Crippen molar-refractivity contribution >= 4 is 11.7 Å². The number of amides is 1. The summed E-state index contributed by atoms with van der Waals surface area (Å²) < 4.78 is 5.21. The van der Waals surface area contributed by atoms with Gasteiger partial charge >= 0.3 is 0 Å². The number of carbonyl (C=O) groups is 2. The third-order valence-electron chi connectivity index (χ3n) is 3.05. The van der Waals surface area contributed by atoms with E-state index in [1.807, 2.05) is 17.0 Å². The first-order valence-electron chi connectivity index (χ1n) is 6.12. The van der Waals surface area contributed by atoms with Crippen LogP contribution in [0.4, 0.5) is 0 Å². The van der Waals surface area contributed by atoms with Crippen molar-refractivity contribution in [3.05, 3.63) is 35.4 Å². The molecule has 4 nitrogen and oxygen atoms in total. The number of nitrogens with zero attached hydrogens (tertiary/aromatic N) is 1. The zero-order valence-corrected chi connectivity index (χ0v) is 10.5. The van der Waals surface area contributed by atoms with Crippen molar-refractivity contribution in [1.29, 1.82) is 0 Å². The molecule has 0 atom stereocenters. The summed E-state index contributed by atoms with van der Waals surface area (Å²) in [5.74, 6) is 0.120. The van der Waals surface area contributed by atoms with Gasteiger partial charge in [-0.3, -0.25) is 9.59 Å². The van der Waals surface area contributed by atoms with E-state index in [2.05, 4.69) is 0 Å². The van der Waals surface area contributed by atoms with E-state index >= 15 is 0 Å². The molecule has 0 N–H and O–H groups in total. The lowest BCUT2D eigenvalue weighted by Crippen LogP contribution is -2.41. The van der Waals surface area contributed by atoms with Gasteiger partial charge in [0.25, 0.3) is 0 Å². The molecule has 0 unspecified atom stereocenters. The summed E-state index contributed by atoms with van der Waals surface area (Å²) >= 11 is 0. The van der Waals surface area contributed by atoms with E-state index in [4.69, 9.17) is 4.74 Å². The molecule has 1 fully saturated rings. The first-order valence-corrected chi connectivity index (χ1v) is 6.12. The Bertz CT molecular complexity index is 450. The summed E-state index contributed by atoms with van der Waals surface area (Å²) in [6, 6.07) is 7.26. The molecule has 1 aliphatic rings. The molecule has 0 saturated carbocycles. The smallest absolute Gasteiger partial charge is 0.227 e. The Kier molecular flexibility index (Phi) is 4.10. The third kappa shape index (κ3) is 3.17. The molecule has 0 radical (unpaired) electrons. The summed E-state index contributed by atoms with van der Waals surface area (Å²) in [7, 11) is 0. The van der Waals surface area contributed by atoms with Crippen molar-refractivity contribution in [2.24, 2.45) is 0 Å². The highest BCUT2D eigenvalue weighted by molar-refractivity contribution is 5.94. The normalized spacial score (nSPS) is 15.5. The fourth-order valence-electron chi connectivity index (χ4n) is 2.00. The number of hydrogen-bond acceptors (Lipinski definition) is 3. The second-order valence-electron chi connectivity index (χ2n) is 4.43. The van der Waals surface area contributed by atoms with E-state index in [-0.39, 0.29) is 11.7 Å². The van der Waals surface area contributed by atoms with Gasteiger partial charge in [-0.05, 0) is 18.6 Å². The standard InChI is InChI=1S/C14H17NO3/c1-11(16)13-4-2-3-12(9-13)10-14(17)15-5-7-18-8-6-15/h2-4,9H,5-8,10H2,1H3. The van der Waals surface area contributed by atoms with Gasteiger partial charge in [0.05, 0.1) is 19.6 Å². The second kappa shape index (κ2) is 5.78. The van der Waals surface area contributed by atoms with E-state index in [9.17, 15) is 9.59 Å². The lowest BCUT2D eigenvalue weighted by molar-refractivity contribution is -0.134. The highest BCUT2D eigenvalue weighted by Gasteiger charge is 2.17. The molecule has 96 valence electrons. The second-order valence-corrected chi connectivity index (χ2v) is 4.43. The minimum atomic E-state index is 0.0238. The van der Waals surface area contributed by atoms with Gasteiger partial charge < -0.3 is 9.64 Å². The predicted molar refractivity (Wildman–Crippen MR) is 67.5 cm³/mol. The van der Waals surface area contributed by atoms with Crippen molar-refractivity contribution in [1.82, 2.24) is 4.90 Å². The molecule has 1 amide bonds. The number of hydrogen-bond donors (Lipinski definition) is 0. The number of benzene rings is 1. The van der Waals surface area contributed by atoms with Gasteiger partial charge in [0.1, 0.15) is 0 Å². The highest BCUT2D eigenvalue weighted by atomic mass is 16.5. The van der Waals surface area contributed by atoms with Crippen LogP contribution in [0.15, 0.2) is 24.3 Å². The van der Waals surface area contributed by atoms with E-state index in [1.165, 1.54) is 6.92 Å². The summed E-state index contributed by atoms with van der Waals surface area (Å²) in [5, 5.41) is 0. The summed E-state index contributed by atoms with van der Waals surface area (Å²) in [4.78, 5) is 25.1. The topological polar surface area (TPSA) is 46.6 Å². The Hall–Kier alpha value is -1.68. The average Bonchev–Trinajstić information content (AvgIpc) is 2.40. The first kappa shape index (κ1) is 12.8. The Morgan fingerprint density at radius 1 is 1.28 bits per heavy atom.